The predicted octanol–water partition coefficient (Wildman–Crippen LogP) is 1.65. The molecular weight excluding hydrogens is 497 g/mol. The highest BCUT2D eigenvalue weighted by Crippen LogP contribution is 2.36. The highest BCUT2D eigenvalue weighted by atomic mass is 19.4. The third kappa shape index (κ3) is 5.04. The Morgan fingerprint density at radius 1 is 1.22 bits per heavy atom. The van der Waals surface area contributed by atoms with Gasteiger partial charge in [-0.05, 0) is 24.8 Å². The van der Waals surface area contributed by atoms with E-state index in [1.54, 1.807) is 20.8 Å². The number of nitrogens with one attached hydrogen (secondary N) is 1. The van der Waals surface area contributed by atoms with Crippen LogP contribution in [-0.4, -0.2) is 63.7 Å². The molecule has 1 unspecified atom stereocenters. The van der Waals surface area contributed by atoms with Crippen molar-refractivity contribution in [3.05, 3.63) is 32.1 Å². The Hall–Kier alpha value is -3.13. The lowest BCUT2D eigenvalue weighted by molar-refractivity contribution is -0.209. The van der Waals surface area contributed by atoms with Crippen LogP contribution in [0.4, 0.5) is 19.1 Å². The van der Waals surface area contributed by atoms with Gasteiger partial charge in [-0.3, -0.25) is 18.5 Å². The zero-order valence-electron chi connectivity index (χ0n) is 21.2. The van der Waals surface area contributed by atoms with Gasteiger partial charge in [-0.2, -0.15) is 18.2 Å². The molecule has 2 aromatic rings. The number of fused-ring (bicyclic) bond motifs is 1. The van der Waals surface area contributed by atoms with E-state index >= 15 is 0 Å². The van der Waals surface area contributed by atoms with Crippen LogP contribution in [0.5, 0.6) is 0 Å². The molecule has 0 aromatic carbocycles. The van der Waals surface area contributed by atoms with Crippen molar-refractivity contribution in [2.75, 3.05) is 37.7 Å². The minimum atomic E-state index is -5.23. The fourth-order valence-corrected chi connectivity index (χ4v) is 4.77. The molecule has 2 aliphatic rings. The largest absolute Gasteiger partial charge is 0.491 e. The second-order valence-corrected chi connectivity index (χ2v) is 9.49. The number of alkyl halides is 3. The molecular formula is C23H31F3N6O5. The van der Waals surface area contributed by atoms with Gasteiger partial charge in [0.2, 0.25) is 5.95 Å². The van der Waals surface area contributed by atoms with E-state index in [-0.39, 0.29) is 42.6 Å². The van der Waals surface area contributed by atoms with Crippen LogP contribution in [0.25, 0.3) is 11.2 Å². The molecule has 37 heavy (non-hydrogen) atoms. The Labute approximate surface area is 210 Å². The molecule has 0 spiro atoms. The number of carbonyl (C=O) groups is 1. The van der Waals surface area contributed by atoms with Crippen molar-refractivity contribution >= 4 is 23.1 Å². The summed E-state index contributed by atoms with van der Waals surface area (Å²) < 4.78 is 53.5. The van der Waals surface area contributed by atoms with Gasteiger partial charge in [0.15, 0.2) is 17.4 Å². The number of esters is 1. The number of anilines is 1. The van der Waals surface area contributed by atoms with Crippen molar-refractivity contribution in [1.82, 2.24) is 24.0 Å². The fraction of sp³-hybridized carbons (Fsp3) is 0.652. The molecule has 4 heterocycles. The summed E-state index contributed by atoms with van der Waals surface area (Å²) >= 11 is 0. The molecule has 0 saturated heterocycles. The van der Waals surface area contributed by atoms with Crippen molar-refractivity contribution in [3.8, 4) is 0 Å². The van der Waals surface area contributed by atoms with Crippen molar-refractivity contribution in [3.63, 3.8) is 0 Å². The van der Waals surface area contributed by atoms with Crippen molar-refractivity contribution in [2.24, 2.45) is 13.0 Å². The van der Waals surface area contributed by atoms with Gasteiger partial charge in [0.05, 0.1) is 13.2 Å². The first kappa shape index (κ1) is 26.9. The van der Waals surface area contributed by atoms with E-state index in [0.717, 1.165) is 15.8 Å². The van der Waals surface area contributed by atoms with Crippen LogP contribution in [0.3, 0.4) is 0 Å². The molecule has 1 atom stereocenters. The smallest absolute Gasteiger partial charge is 0.434 e. The summed E-state index contributed by atoms with van der Waals surface area (Å²) in [5.74, 6) is -2.42. The van der Waals surface area contributed by atoms with Gasteiger partial charge in [-0.15, -0.1) is 0 Å². The lowest BCUT2D eigenvalue weighted by Gasteiger charge is -2.27. The summed E-state index contributed by atoms with van der Waals surface area (Å²) in [6.07, 6.45) is -6.02. The van der Waals surface area contributed by atoms with Crippen LogP contribution in [0, 0.1) is 5.92 Å². The van der Waals surface area contributed by atoms with Crippen LogP contribution >= 0.6 is 0 Å². The highest BCUT2D eigenvalue weighted by Gasteiger charge is 2.44. The zero-order valence-corrected chi connectivity index (χ0v) is 21.2. The topological polar surface area (TPSA) is 113 Å². The average Bonchev–Trinajstić information content (AvgIpc) is 3.52. The van der Waals surface area contributed by atoms with E-state index in [9.17, 15) is 27.6 Å². The Morgan fingerprint density at radius 2 is 1.95 bits per heavy atom. The molecule has 2 aromatic heterocycles. The zero-order chi connectivity index (χ0) is 27.1. The SMILES string of the molecule is CCOCCn1c(=O)c2c(nc(N3CCC4=C3CNC4)n2C(CC(C)C)OC(=O)C(F)(F)F)n(C)c1=O. The van der Waals surface area contributed by atoms with Crippen LogP contribution in [0.2, 0.25) is 0 Å². The number of aryl methyl sites for hydroxylation is 1. The Morgan fingerprint density at radius 3 is 2.59 bits per heavy atom. The lowest BCUT2D eigenvalue weighted by atomic mass is 10.1. The van der Waals surface area contributed by atoms with E-state index in [4.69, 9.17) is 9.47 Å². The third-order valence-corrected chi connectivity index (χ3v) is 6.50. The maximum atomic E-state index is 13.7. The van der Waals surface area contributed by atoms with Gasteiger partial charge in [0.25, 0.3) is 5.56 Å². The van der Waals surface area contributed by atoms with E-state index in [0.29, 0.717) is 32.7 Å². The van der Waals surface area contributed by atoms with Gasteiger partial charge < -0.3 is 19.7 Å². The summed E-state index contributed by atoms with van der Waals surface area (Å²) in [5, 5.41) is 3.24. The van der Waals surface area contributed by atoms with Gasteiger partial charge in [0.1, 0.15) is 0 Å². The molecule has 0 saturated carbocycles. The summed E-state index contributed by atoms with van der Waals surface area (Å²) in [7, 11) is 1.44. The summed E-state index contributed by atoms with van der Waals surface area (Å²) in [4.78, 5) is 45.1. The number of carbonyl (C=O) groups excluding carboxylic acids is 1. The molecule has 204 valence electrons. The number of rotatable bonds is 9. The number of ether oxygens (including phenoxy) is 2. The second-order valence-electron chi connectivity index (χ2n) is 9.49. The minimum absolute atomic E-state index is 0.00511. The Bertz CT molecular complexity index is 1340. The van der Waals surface area contributed by atoms with E-state index in [2.05, 4.69) is 10.3 Å². The van der Waals surface area contributed by atoms with Crippen LogP contribution in [0.15, 0.2) is 20.9 Å². The average molecular weight is 529 g/mol. The first-order chi connectivity index (χ1) is 17.5. The number of aromatic nitrogens is 4. The Balaban J connectivity index is 1.98. The maximum Gasteiger partial charge on any atom is 0.491 e. The molecule has 4 rings (SSSR count). The van der Waals surface area contributed by atoms with E-state index < -0.39 is 29.6 Å². The molecule has 0 fully saturated rings. The van der Waals surface area contributed by atoms with E-state index in [1.807, 2.05) is 4.90 Å². The monoisotopic (exact) mass is 528 g/mol. The predicted molar refractivity (Wildman–Crippen MR) is 128 cm³/mol. The van der Waals surface area contributed by atoms with Crippen molar-refractivity contribution < 1.29 is 27.4 Å². The van der Waals surface area contributed by atoms with Gasteiger partial charge in [0, 0.05) is 45.4 Å². The van der Waals surface area contributed by atoms with Crippen molar-refractivity contribution in [1.29, 1.82) is 0 Å². The molecule has 11 nitrogen and oxygen atoms in total. The van der Waals surface area contributed by atoms with Gasteiger partial charge in [-0.1, -0.05) is 13.8 Å². The summed E-state index contributed by atoms with van der Waals surface area (Å²) in [5.41, 5.74) is 0.540. The normalized spacial score (nSPS) is 16.8. The van der Waals surface area contributed by atoms with Crippen LogP contribution < -0.4 is 21.5 Å². The number of halogens is 3. The molecule has 0 bridgehead atoms. The first-order valence-electron chi connectivity index (χ1n) is 12.2. The Kier molecular flexibility index (Phi) is 7.51. The van der Waals surface area contributed by atoms with E-state index in [1.165, 1.54) is 16.2 Å². The number of imidazole rings is 1. The molecule has 14 heteroatoms. The minimum Gasteiger partial charge on any atom is -0.434 e. The number of nitrogens with zero attached hydrogens (tertiary/aromatic N) is 5. The standard InChI is InChI=1S/C23H31F3N6O5/c1-5-36-9-8-31-19(33)17-18(29(4)22(31)35)28-21(30-7-6-14-11-27-12-15(14)30)32(17)16(10-13(2)3)37-20(34)23(24,25)26/h13,16,27H,5-12H2,1-4H3. The number of hydrogen-bond acceptors (Lipinski definition) is 8. The highest BCUT2D eigenvalue weighted by molar-refractivity contribution is 5.78. The molecule has 0 aliphatic carbocycles. The van der Waals surface area contributed by atoms with Gasteiger partial charge in [-0.25, -0.2) is 9.59 Å². The molecule has 1 N–H and O–H groups in total. The lowest BCUT2D eigenvalue weighted by Crippen LogP contribution is -2.41. The molecule has 0 amide bonds. The van der Waals surface area contributed by atoms with Gasteiger partial charge >= 0.3 is 17.8 Å². The molecule has 2 aliphatic heterocycles. The second kappa shape index (κ2) is 10.3. The summed E-state index contributed by atoms with van der Waals surface area (Å²) in [6.45, 7) is 7.39. The van der Waals surface area contributed by atoms with Crippen LogP contribution in [-0.2, 0) is 27.9 Å². The third-order valence-electron chi connectivity index (χ3n) is 6.50. The van der Waals surface area contributed by atoms with Crippen LogP contribution in [0.1, 0.15) is 39.8 Å². The quantitative estimate of drug-likeness (QED) is 0.386. The maximum absolute atomic E-state index is 13.7. The first-order valence-corrected chi connectivity index (χ1v) is 12.2. The fourth-order valence-electron chi connectivity index (χ4n) is 4.77. The van der Waals surface area contributed by atoms with Crippen molar-refractivity contribution in [2.45, 2.75) is 52.6 Å². The summed E-state index contributed by atoms with van der Waals surface area (Å²) in [6, 6.07) is 0. The molecule has 0 radical (unpaired) electrons. The number of hydrogen-bond donors (Lipinski definition) is 1.